The Hall–Kier alpha value is -3.55. The number of nitro groups is 1. The third-order valence-corrected chi connectivity index (χ3v) is 8.66. The van der Waals surface area contributed by atoms with Crippen LogP contribution >= 0.6 is 0 Å². The first-order valence-corrected chi connectivity index (χ1v) is 14.2. The summed E-state index contributed by atoms with van der Waals surface area (Å²) in [6, 6.07) is 9.96. The Kier molecular flexibility index (Phi) is 8.83. The van der Waals surface area contributed by atoms with Gasteiger partial charge in [-0.2, -0.15) is 4.31 Å². The van der Waals surface area contributed by atoms with Crippen LogP contribution in [0.2, 0.25) is 0 Å². The molecule has 1 N–H and O–H groups in total. The fourth-order valence-electron chi connectivity index (χ4n) is 4.67. The van der Waals surface area contributed by atoms with Gasteiger partial charge in [-0.1, -0.05) is 13.0 Å². The molecule has 2 unspecified atom stereocenters. The number of hydrogen-bond acceptors (Lipinski definition) is 9. The number of morpholine rings is 1. The number of carbonyl (C=O) groups excluding carboxylic acids is 2. The molecule has 2 aromatic carbocycles. The Morgan fingerprint density at radius 3 is 2.59 bits per heavy atom. The topological polar surface area (TPSA) is 148 Å². The molecule has 2 fully saturated rings. The van der Waals surface area contributed by atoms with Gasteiger partial charge in [0.15, 0.2) is 6.10 Å². The summed E-state index contributed by atoms with van der Waals surface area (Å²) in [4.78, 5) is 38.7. The average Bonchev–Trinajstić information content (AvgIpc) is 2.93. The molecule has 12 nitrogen and oxygen atoms in total. The highest BCUT2D eigenvalue weighted by molar-refractivity contribution is 7.89. The van der Waals surface area contributed by atoms with Crippen molar-refractivity contribution in [3.63, 3.8) is 0 Å². The van der Waals surface area contributed by atoms with Gasteiger partial charge >= 0.3 is 5.97 Å². The number of rotatable bonds is 8. The van der Waals surface area contributed by atoms with Crippen LogP contribution in [0.1, 0.15) is 37.0 Å². The molecule has 2 aliphatic heterocycles. The molecule has 0 radical (unpaired) electrons. The first kappa shape index (κ1) is 28.5. The van der Waals surface area contributed by atoms with Gasteiger partial charge in [0, 0.05) is 37.9 Å². The molecule has 4 rings (SSSR count). The van der Waals surface area contributed by atoms with Crippen molar-refractivity contribution >= 4 is 39.0 Å². The van der Waals surface area contributed by atoms with Crippen molar-refractivity contribution in [3.8, 4) is 0 Å². The minimum atomic E-state index is -3.76. The lowest BCUT2D eigenvalue weighted by atomic mass is 9.99. The van der Waals surface area contributed by atoms with E-state index in [9.17, 15) is 28.1 Å². The molecule has 0 spiro atoms. The molecule has 2 saturated heterocycles. The van der Waals surface area contributed by atoms with Crippen molar-refractivity contribution in [3.05, 3.63) is 58.1 Å². The summed E-state index contributed by atoms with van der Waals surface area (Å²) in [6.07, 6.45) is 0.734. The molecule has 210 valence electrons. The summed E-state index contributed by atoms with van der Waals surface area (Å²) in [5, 5.41) is 14.3. The van der Waals surface area contributed by atoms with Crippen LogP contribution in [-0.4, -0.2) is 75.0 Å². The van der Waals surface area contributed by atoms with Crippen LogP contribution in [0.25, 0.3) is 0 Å². The lowest BCUT2D eigenvalue weighted by Crippen LogP contribution is -2.40. The molecule has 39 heavy (non-hydrogen) atoms. The van der Waals surface area contributed by atoms with Gasteiger partial charge in [-0.25, -0.2) is 13.2 Å². The van der Waals surface area contributed by atoms with E-state index in [4.69, 9.17) is 9.47 Å². The highest BCUT2D eigenvalue weighted by Gasteiger charge is 2.28. The van der Waals surface area contributed by atoms with Crippen LogP contribution < -0.4 is 10.2 Å². The predicted molar refractivity (Wildman–Crippen MR) is 143 cm³/mol. The third-order valence-electron chi connectivity index (χ3n) is 6.77. The molecule has 2 aromatic rings. The molecule has 0 aromatic heterocycles. The van der Waals surface area contributed by atoms with E-state index in [1.165, 1.54) is 53.7 Å². The minimum Gasteiger partial charge on any atom is -0.449 e. The van der Waals surface area contributed by atoms with Gasteiger partial charge in [-0.05, 0) is 56.0 Å². The lowest BCUT2D eigenvalue weighted by Gasteiger charge is -2.32. The summed E-state index contributed by atoms with van der Waals surface area (Å²) in [5.74, 6) is -1.16. The highest BCUT2D eigenvalue weighted by Crippen LogP contribution is 2.32. The van der Waals surface area contributed by atoms with Crippen molar-refractivity contribution in [1.82, 2.24) is 4.31 Å². The molecular weight excluding hydrogens is 528 g/mol. The molecule has 13 heteroatoms. The smallest absolute Gasteiger partial charge is 0.339 e. The number of sulfonamides is 1. The summed E-state index contributed by atoms with van der Waals surface area (Å²) >= 11 is 0. The van der Waals surface area contributed by atoms with E-state index in [2.05, 4.69) is 12.2 Å². The van der Waals surface area contributed by atoms with Crippen molar-refractivity contribution < 1.29 is 32.4 Å². The van der Waals surface area contributed by atoms with Gasteiger partial charge in [0.25, 0.3) is 11.6 Å². The number of nitrogens with one attached hydrogen (secondary N) is 1. The maximum absolute atomic E-state index is 12.9. The summed E-state index contributed by atoms with van der Waals surface area (Å²) in [5.41, 5.74) is 0.413. The predicted octanol–water partition coefficient (Wildman–Crippen LogP) is 3.04. The quantitative estimate of drug-likeness (QED) is 0.292. The van der Waals surface area contributed by atoms with E-state index in [-0.39, 0.29) is 34.9 Å². The van der Waals surface area contributed by atoms with Gasteiger partial charge in [-0.3, -0.25) is 14.9 Å². The summed E-state index contributed by atoms with van der Waals surface area (Å²) < 4.78 is 37.6. The Balaban J connectivity index is 1.42. The summed E-state index contributed by atoms with van der Waals surface area (Å²) in [6.45, 7) is 5.93. The van der Waals surface area contributed by atoms with Crippen LogP contribution in [0.3, 0.4) is 0 Å². The number of carbonyl (C=O) groups is 2. The van der Waals surface area contributed by atoms with Crippen LogP contribution in [0.4, 0.5) is 17.1 Å². The fourth-order valence-corrected chi connectivity index (χ4v) is 6.12. The molecule has 1 amide bonds. The van der Waals surface area contributed by atoms with Crippen LogP contribution in [0, 0.1) is 16.0 Å². The Morgan fingerprint density at radius 1 is 1.15 bits per heavy atom. The van der Waals surface area contributed by atoms with Gasteiger partial charge in [0.05, 0.1) is 28.6 Å². The van der Waals surface area contributed by atoms with E-state index >= 15 is 0 Å². The Labute approximate surface area is 227 Å². The zero-order chi connectivity index (χ0) is 28.2. The van der Waals surface area contributed by atoms with Crippen LogP contribution in [0.5, 0.6) is 0 Å². The third kappa shape index (κ3) is 6.72. The van der Waals surface area contributed by atoms with Crippen molar-refractivity contribution in [2.45, 2.75) is 37.7 Å². The molecular formula is C26H32N4O8S. The first-order valence-electron chi connectivity index (χ1n) is 12.8. The van der Waals surface area contributed by atoms with Gasteiger partial charge in [0.1, 0.15) is 5.69 Å². The van der Waals surface area contributed by atoms with Crippen molar-refractivity contribution in [2.24, 2.45) is 5.92 Å². The second-order valence-electron chi connectivity index (χ2n) is 9.74. The number of nitrogens with zero attached hydrogens (tertiary/aromatic N) is 3. The minimum absolute atomic E-state index is 0.0161. The van der Waals surface area contributed by atoms with E-state index in [0.29, 0.717) is 37.9 Å². The zero-order valence-corrected chi connectivity index (χ0v) is 22.7. The summed E-state index contributed by atoms with van der Waals surface area (Å²) in [7, 11) is -3.76. The second-order valence-corrected chi connectivity index (χ2v) is 11.7. The number of anilines is 2. The Bertz CT molecular complexity index is 1340. The number of ether oxygens (including phenoxy) is 2. The maximum atomic E-state index is 12.9. The molecule has 0 aliphatic carbocycles. The fraction of sp³-hybridized carbons (Fsp3) is 0.462. The van der Waals surface area contributed by atoms with Gasteiger partial charge in [-0.15, -0.1) is 0 Å². The van der Waals surface area contributed by atoms with Crippen molar-refractivity contribution in [1.29, 1.82) is 0 Å². The number of benzene rings is 2. The molecule has 2 heterocycles. The molecule has 2 atom stereocenters. The number of nitro benzene ring substituents is 1. The number of piperidine rings is 1. The standard InChI is InChI=1S/C26H32N4O8S/c1-18-5-4-10-28(17-18)23-9-8-20(15-24(23)30(33)34)26(32)38-19(2)25(31)27-21-6-3-7-22(16-21)39(35,36)29-11-13-37-14-12-29/h3,6-9,15-16,18-19H,4-5,10-14,17H2,1-2H3,(H,27,31). The average molecular weight is 561 g/mol. The monoisotopic (exact) mass is 560 g/mol. The molecule has 0 saturated carbocycles. The normalized spacial score (nSPS) is 19.2. The molecule has 0 bridgehead atoms. The van der Waals surface area contributed by atoms with Gasteiger partial charge < -0.3 is 19.7 Å². The molecule has 2 aliphatic rings. The second kappa shape index (κ2) is 12.1. The Morgan fingerprint density at radius 2 is 1.90 bits per heavy atom. The number of hydrogen-bond donors (Lipinski definition) is 1. The van der Waals surface area contributed by atoms with Crippen LogP contribution in [0.15, 0.2) is 47.4 Å². The van der Waals surface area contributed by atoms with Crippen LogP contribution in [-0.2, 0) is 24.3 Å². The highest BCUT2D eigenvalue weighted by atomic mass is 32.2. The van der Waals surface area contributed by atoms with E-state index in [0.717, 1.165) is 12.8 Å². The van der Waals surface area contributed by atoms with E-state index < -0.39 is 32.9 Å². The number of amides is 1. The van der Waals surface area contributed by atoms with E-state index in [1.807, 2.05) is 4.90 Å². The lowest BCUT2D eigenvalue weighted by molar-refractivity contribution is -0.384. The van der Waals surface area contributed by atoms with Gasteiger partial charge in [0.2, 0.25) is 10.0 Å². The first-order chi connectivity index (χ1) is 18.6. The van der Waals surface area contributed by atoms with Crippen molar-refractivity contribution in [2.75, 3.05) is 49.6 Å². The van der Waals surface area contributed by atoms with E-state index in [1.54, 1.807) is 0 Å². The maximum Gasteiger partial charge on any atom is 0.339 e. The number of esters is 1. The largest absolute Gasteiger partial charge is 0.449 e. The zero-order valence-electron chi connectivity index (χ0n) is 21.9. The SMILES string of the molecule is CC1CCCN(c2ccc(C(=O)OC(C)C(=O)Nc3cccc(S(=O)(=O)N4CCOCC4)c3)cc2[N+](=O)[O-])C1.